The summed E-state index contributed by atoms with van der Waals surface area (Å²) >= 11 is 5.19. The summed E-state index contributed by atoms with van der Waals surface area (Å²) < 4.78 is 11.9. The number of hydrogen-bond acceptors (Lipinski definition) is 4. The Kier molecular flexibility index (Phi) is 5.09. The molecule has 0 aromatic heterocycles. The minimum absolute atomic E-state index is 0.108. The van der Waals surface area contributed by atoms with Crippen LogP contribution in [0.4, 0.5) is 0 Å². The van der Waals surface area contributed by atoms with E-state index >= 15 is 0 Å². The van der Waals surface area contributed by atoms with E-state index in [0.717, 1.165) is 15.8 Å². The summed E-state index contributed by atoms with van der Waals surface area (Å²) in [7, 11) is 0. The molecule has 0 N–H and O–H groups in total. The first-order valence-electron chi connectivity index (χ1n) is 5.76. The molecular weight excluding hydrogens is 316 g/mol. The van der Waals surface area contributed by atoms with Crippen molar-refractivity contribution in [1.82, 2.24) is 0 Å². The normalized spacial score (nSPS) is 19.3. The maximum Gasteiger partial charge on any atom is 0.303 e. The lowest BCUT2D eigenvalue weighted by molar-refractivity contribution is -0.149. The fraction of sp³-hybridized carbons (Fsp3) is 0.462. The van der Waals surface area contributed by atoms with E-state index in [9.17, 15) is 4.79 Å². The van der Waals surface area contributed by atoms with Crippen LogP contribution in [0.15, 0.2) is 28.7 Å². The Morgan fingerprint density at radius 3 is 2.72 bits per heavy atom. The molecule has 0 radical (unpaired) electrons. The van der Waals surface area contributed by atoms with Gasteiger partial charge in [0, 0.05) is 17.1 Å². The Morgan fingerprint density at radius 1 is 1.50 bits per heavy atom. The number of ether oxygens (including phenoxy) is 2. The standard InChI is InChI=1S/C13H15BrO3S/c1-9(15)17-12(13-8-18-13)7-16-6-10-2-4-11(14)5-3-10/h2-5,12-13H,6-8H2,1H3/t12-,13-/m1/s1. The van der Waals surface area contributed by atoms with Gasteiger partial charge in [0.05, 0.1) is 18.5 Å². The highest BCUT2D eigenvalue weighted by Crippen LogP contribution is 2.34. The Bertz CT molecular complexity index is 403. The molecule has 0 spiro atoms. The molecule has 0 bridgehead atoms. The van der Waals surface area contributed by atoms with Gasteiger partial charge in [-0.25, -0.2) is 0 Å². The van der Waals surface area contributed by atoms with Crippen LogP contribution in [0.2, 0.25) is 0 Å². The molecule has 18 heavy (non-hydrogen) atoms. The van der Waals surface area contributed by atoms with Gasteiger partial charge < -0.3 is 9.47 Å². The number of esters is 1. The van der Waals surface area contributed by atoms with Gasteiger partial charge in [0.15, 0.2) is 0 Å². The molecule has 98 valence electrons. The lowest BCUT2D eigenvalue weighted by Gasteiger charge is -2.15. The van der Waals surface area contributed by atoms with Gasteiger partial charge in [-0.2, -0.15) is 11.8 Å². The van der Waals surface area contributed by atoms with Crippen LogP contribution in [0.5, 0.6) is 0 Å². The first-order chi connectivity index (χ1) is 8.65. The molecule has 0 amide bonds. The molecule has 5 heteroatoms. The van der Waals surface area contributed by atoms with Crippen molar-refractivity contribution in [3.8, 4) is 0 Å². The summed E-state index contributed by atoms with van der Waals surface area (Å²) in [5, 5.41) is 0.416. The Labute approximate surface area is 119 Å². The van der Waals surface area contributed by atoms with Crippen LogP contribution < -0.4 is 0 Å². The van der Waals surface area contributed by atoms with E-state index in [2.05, 4.69) is 15.9 Å². The topological polar surface area (TPSA) is 35.5 Å². The van der Waals surface area contributed by atoms with Gasteiger partial charge in [-0.15, -0.1) is 0 Å². The summed E-state index contributed by atoms with van der Waals surface area (Å²) in [4.78, 5) is 11.0. The number of rotatable bonds is 6. The van der Waals surface area contributed by atoms with Gasteiger partial charge in [0.2, 0.25) is 0 Å². The number of benzene rings is 1. The van der Waals surface area contributed by atoms with E-state index < -0.39 is 0 Å². The van der Waals surface area contributed by atoms with Crippen molar-refractivity contribution >= 4 is 33.7 Å². The number of hydrogen-bond donors (Lipinski definition) is 0. The third kappa shape index (κ3) is 4.63. The molecule has 1 aromatic rings. The fourth-order valence-corrected chi connectivity index (χ4v) is 2.51. The van der Waals surface area contributed by atoms with Crippen molar-refractivity contribution in [3.63, 3.8) is 0 Å². The monoisotopic (exact) mass is 330 g/mol. The van der Waals surface area contributed by atoms with Crippen LogP contribution in [0.1, 0.15) is 12.5 Å². The van der Waals surface area contributed by atoms with E-state index in [1.54, 1.807) is 11.8 Å². The second kappa shape index (κ2) is 6.59. The zero-order chi connectivity index (χ0) is 13.0. The van der Waals surface area contributed by atoms with E-state index in [4.69, 9.17) is 9.47 Å². The van der Waals surface area contributed by atoms with E-state index in [0.29, 0.717) is 18.5 Å². The fourth-order valence-electron chi connectivity index (χ4n) is 1.57. The molecule has 0 aliphatic carbocycles. The van der Waals surface area contributed by atoms with Gasteiger partial charge in [-0.1, -0.05) is 28.1 Å². The van der Waals surface area contributed by atoms with Crippen molar-refractivity contribution < 1.29 is 14.3 Å². The minimum Gasteiger partial charge on any atom is -0.459 e. The van der Waals surface area contributed by atoms with Crippen LogP contribution >= 0.6 is 27.7 Å². The molecule has 1 saturated heterocycles. The largest absolute Gasteiger partial charge is 0.459 e. The molecule has 1 aliphatic rings. The zero-order valence-corrected chi connectivity index (χ0v) is 12.5. The molecular formula is C13H15BrO3S. The Hall–Kier alpha value is -0.520. The smallest absolute Gasteiger partial charge is 0.303 e. The predicted octanol–water partition coefficient (Wildman–Crippen LogP) is 3.01. The SMILES string of the molecule is CC(=O)O[C@H](COCc1ccc(Br)cc1)[C@H]1CS1. The average Bonchev–Trinajstić information content (AvgIpc) is 3.14. The van der Waals surface area contributed by atoms with Crippen LogP contribution in [-0.4, -0.2) is 29.7 Å². The third-order valence-electron chi connectivity index (χ3n) is 2.56. The number of carbonyl (C=O) groups excluding carboxylic acids is 1. The molecule has 2 rings (SSSR count). The van der Waals surface area contributed by atoms with Crippen LogP contribution in [0.25, 0.3) is 0 Å². The molecule has 2 atom stereocenters. The highest BCUT2D eigenvalue weighted by Gasteiger charge is 2.34. The number of thioether (sulfide) groups is 1. The van der Waals surface area contributed by atoms with Crippen molar-refractivity contribution in [1.29, 1.82) is 0 Å². The third-order valence-corrected chi connectivity index (χ3v) is 4.11. The van der Waals surface area contributed by atoms with E-state index in [1.807, 2.05) is 24.3 Å². The predicted molar refractivity (Wildman–Crippen MR) is 75.6 cm³/mol. The number of halogens is 1. The van der Waals surface area contributed by atoms with Crippen molar-refractivity contribution in [2.45, 2.75) is 24.9 Å². The molecule has 0 saturated carbocycles. The maximum atomic E-state index is 11.0. The lowest BCUT2D eigenvalue weighted by atomic mass is 10.2. The lowest BCUT2D eigenvalue weighted by Crippen LogP contribution is -2.27. The summed E-state index contributed by atoms with van der Waals surface area (Å²) in [6.45, 7) is 2.45. The van der Waals surface area contributed by atoms with Gasteiger partial charge >= 0.3 is 5.97 Å². The quantitative estimate of drug-likeness (QED) is 0.593. The summed E-state index contributed by atoms with van der Waals surface area (Å²) in [5.41, 5.74) is 1.11. The highest BCUT2D eigenvalue weighted by atomic mass is 79.9. The molecule has 1 heterocycles. The first-order valence-corrected chi connectivity index (χ1v) is 7.60. The highest BCUT2D eigenvalue weighted by molar-refractivity contribution is 9.10. The van der Waals surface area contributed by atoms with E-state index in [-0.39, 0.29) is 12.1 Å². The van der Waals surface area contributed by atoms with Gasteiger partial charge in [0.25, 0.3) is 0 Å². The second-order valence-electron chi connectivity index (χ2n) is 4.16. The first kappa shape index (κ1) is 13.9. The van der Waals surface area contributed by atoms with E-state index in [1.165, 1.54) is 6.92 Å². The Balaban J connectivity index is 1.75. The average molecular weight is 331 g/mol. The van der Waals surface area contributed by atoms with Gasteiger partial charge in [0.1, 0.15) is 6.10 Å². The van der Waals surface area contributed by atoms with Crippen LogP contribution in [0.3, 0.4) is 0 Å². The zero-order valence-electron chi connectivity index (χ0n) is 10.1. The van der Waals surface area contributed by atoms with Gasteiger partial charge in [-0.3, -0.25) is 4.79 Å². The summed E-state index contributed by atoms with van der Waals surface area (Å²) in [6, 6.07) is 7.99. The van der Waals surface area contributed by atoms with Crippen LogP contribution in [0, 0.1) is 0 Å². The summed E-state index contributed by atoms with van der Waals surface area (Å²) in [6.07, 6.45) is -0.108. The molecule has 3 nitrogen and oxygen atoms in total. The van der Waals surface area contributed by atoms with Crippen molar-refractivity contribution in [2.75, 3.05) is 12.4 Å². The molecule has 1 fully saturated rings. The number of carbonyl (C=O) groups is 1. The summed E-state index contributed by atoms with van der Waals surface area (Å²) in [5.74, 6) is 0.819. The molecule has 1 aromatic carbocycles. The maximum absolute atomic E-state index is 11.0. The minimum atomic E-state index is -0.236. The second-order valence-corrected chi connectivity index (χ2v) is 6.35. The Morgan fingerprint density at radius 2 is 2.17 bits per heavy atom. The van der Waals surface area contributed by atoms with Crippen molar-refractivity contribution in [3.05, 3.63) is 34.3 Å². The van der Waals surface area contributed by atoms with Crippen molar-refractivity contribution in [2.24, 2.45) is 0 Å². The molecule has 1 aliphatic heterocycles. The van der Waals surface area contributed by atoms with Gasteiger partial charge in [-0.05, 0) is 17.7 Å². The van der Waals surface area contributed by atoms with Crippen LogP contribution in [-0.2, 0) is 20.9 Å². The molecule has 0 unspecified atom stereocenters.